The van der Waals surface area contributed by atoms with Gasteiger partial charge in [-0.1, -0.05) is 0 Å². The van der Waals surface area contributed by atoms with Crippen molar-refractivity contribution < 1.29 is 33.4 Å². The maximum Gasteiger partial charge on any atom is 0.312 e. The van der Waals surface area contributed by atoms with Crippen molar-refractivity contribution in [1.82, 2.24) is 10.6 Å². The lowest BCUT2D eigenvalue weighted by Gasteiger charge is -2.24. The Balaban J connectivity index is 2.91. The molecule has 0 radical (unpaired) electrons. The molecule has 1 heterocycles. The Morgan fingerprint density at radius 2 is 1.88 bits per heavy atom. The topological polar surface area (TPSA) is 154 Å². The van der Waals surface area contributed by atoms with E-state index in [-0.39, 0.29) is 32.0 Å². The minimum atomic E-state index is -1.46. The van der Waals surface area contributed by atoms with Crippen LogP contribution >= 0.6 is 0 Å². The predicted octanol–water partition coefficient (Wildman–Crippen LogP) is -1.63. The van der Waals surface area contributed by atoms with Crippen LogP contribution in [0.4, 0.5) is 0 Å². The number of hydrogen-bond acceptors (Lipinski definition) is 7. The van der Waals surface area contributed by atoms with E-state index >= 15 is 0 Å². The van der Waals surface area contributed by atoms with Gasteiger partial charge in [0.15, 0.2) is 0 Å². The lowest BCUT2D eigenvalue weighted by molar-refractivity contribution is -0.157. The number of rotatable bonds is 9. The molecule has 0 aromatic rings. The van der Waals surface area contributed by atoms with E-state index in [2.05, 4.69) is 10.6 Å². The summed E-state index contributed by atoms with van der Waals surface area (Å²) in [6, 6.07) is -2.28. The van der Waals surface area contributed by atoms with E-state index in [1.807, 2.05) is 0 Å². The number of carbonyl (C=O) groups is 5. The molecule has 1 rings (SSSR count). The Kier molecular flexibility index (Phi) is 7.83. The maximum absolute atomic E-state index is 12.2. The van der Waals surface area contributed by atoms with Crippen molar-refractivity contribution in [3.8, 4) is 0 Å². The lowest BCUT2D eigenvalue weighted by atomic mass is 9.95. The fourth-order valence-electron chi connectivity index (χ4n) is 2.42. The van der Waals surface area contributed by atoms with Gasteiger partial charge in [-0.05, 0) is 20.3 Å². The number of nitrogens with one attached hydrogen (secondary N) is 2. The Hall–Kier alpha value is -2.65. The first-order valence-corrected chi connectivity index (χ1v) is 8.01. The van der Waals surface area contributed by atoms with E-state index in [9.17, 15) is 24.0 Å². The second-order valence-electron chi connectivity index (χ2n) is 5.42. The molecular formula is C15H23N3O7. The second kappa shape index (κ2) is 9.60. The molecule has 4 N–H and O–H groups in total. The average molecular weight is 357 g/mol. The highest BCUT2D eigenvalue weighted by Crippen LogP contribution is 2.15. The SMILES string of the molecule is CCOC(=O)C[C@@H](C(=O)OCC)[C@H](NC(=O)[C@@H]1CCC(=O)N1)C(N)=O. The summed E-state index contributed by atoms with van der Waals surface area (Å²) in [6.07, 6.45) is -0.0286. The largest absolute Gasteiger partial charge is 0.466 e. The van der Waals surface area contributed by atoms with E-state index in [0.29, 0.717) is 0 Å². The van der Waals surface area contributed by atoms with Crippen LogP contribution in [-0.2, 0) is 33.4 Å². The lowest BCUT2D eigenvalue weighted by Crippen LogP contribution is -2.55. The van der Waals surface area contributed by atoms with Crippen LogP contribution in [0.2, 0.25) is 0 Å². The quantitative estimate of drug-likeness (QED) is 0.418. The number of hydrogen-bond donors (Lipinski definition) is 3. The molecule has 1 fully saturated rings. The molecular weight excluding hydrogens is 334 g/mol. The van der Waals surface area contributed by atoms with Gasteiger partial charge in [0.1, 0.15) is 12.1 Å². The first kappa shape index (κ1) is 20.4. The summed E-state index contributed by atoms with van der Waals surface area (Å²) in [5, 5.41) is 4.77. The third-order valence-corrected chi connectivity index (χ3v) is 3.60. The maximum atomic E-state index is 12.2. The number of esters is 2. The third-order valence-electron chi connectivity index (χ3n) is 3.60. The summed E-state index contributed by atoms with van der Waals surface area (Å²) in [4.78, 5) is 59.0. The standard InChI is InChI=1S/C15H23N3O7/c1-3-24-11(20)7-8(15(23)25-4-2)12(13(16)21)18-14(22)9-5-6-10(19)17-9/h8-9,12H,3-7H2,1-2H3,(H2,16,21)(H,17,19)(H,18,22)/t8-,9+,12+/m1/s1. The molecule has 1 aliphatic rings. The zero-order valence-corrected chi connectivity index (χ0v) is 14.2. The Labute approximate surface area is 144 Å². The molecule has 0 spiro atoms. The molecule has 10 nitrogen and oxygen atoms in total. The monoisotopic (exact) mass is 357 g/mol. The van der Waals surface area contributed by atoms with Crippen molar-refractivity contribution in [2.45, 2.75) is 45.2 Å². The van der Waals surface area contributed by atoms with Crippen molar-refractivity contribution >= 4 is 29.7 Å². The van der Waals surface area contributed by atoms with E-state index < -0.39 is 48.2 Å². The summed E-state index contributed by atoms with van der Waals surface area (Å²) in [5.74, 6) is -4.85. The Morgan fingerprint density at radius 1 is 1.24 bits per heavy atom. The van der Waals surface area contributed by atoms with Gasteiger partial charge in [-0.2, -0.15) is 0 Å². The van der Waals surface area contributed by atoms with Gasteiger partial charge in [-0.15, -0.1) is 0 Å². The molecule has 0 bridgehead atoms. The van der Waals surface area contributed by atoms with E-state index in [1.165, 1.54) is 0 Å². The number of carbonyl (C=O) groups excluding carboxylic acids is 5. The van der Waals surface area contributed by atoms with Gasteiger partial charge in [-0.25, -0.2) is 0 Å². The smallest absolute Gasteiger partial charge is 0.312 e. The average Bonchev–Trinajstić information content (AvgIpc) is 2.97. The fraction of sp³-hybridized carbons (Fsp3) is 0.667. The highest BCUT2D eigenvalue weighted by atomic mass is 16.5. The molecule has 3 atom stereocenters. The minimum absolute atomic E-state index is 0.0241. The molecule has 1 aliphatic heterocycles. The molecule has 10 heteroatoms. The van der Waals surface area contributed by atoms with Crippen LogP contribution in [0.5, 0.6) is 0 Å². The minimum Gasteiger partial charge on any atom is -0.466 e. The fourth-order valence-corrected chi connectivity index (χ4v) is 2.42. The number of amides is 3. The van der Waals surface area contributed by atoms with Gasteiger partial charge in [0.25, 0.3) is 0 Å². The normalized spacial score (nSPS) is 18.6. The van der Waals surface area contributed by atoms with Crippen LogP contribution in [0.1, 0.15) is 33.1 Å². The molecule has 3 amide bonds. The van der Waals surface area contributed by atoms with E-state index in [1.54, 1.807) is 13.8 Å². The zero-order chi connectivity index (χ0) is 19.0. The summed E-state index contributed by atoms with van der Waals surface area (Å²) < 4.78 is 9.64. The zero-order valence-electron chi connectivity index (χ0n) is 14.2. The first-order valence-electron chi connectivity index (χ1n) is 8.01. The second-order valence-corrected chi connectivity index (χ2v) is 5.42. The van der Waals surface area contributed by atoms with Gasteiger partial charge < -0.3 is 25.8 Å². The molecule has 0 unspecified atom stereocenters. The van der Waals surface area contributed by atoms with Crippen LogP contribution in [0.15, 0.2) is 0 Å². The van der Waals surface area contributed by atoms with Crippen LogP contribution < -0.4 is 16.4 Å². The summed E-state index contributed by atoms with van der Waals surface area (Å²) in [5.41, 5.74) is 5.29. The molecule has 140 valence electrons. The predicted molar refractivity (Wildman–Crippen MR) is 83.7 cm³/mol. The Bertz CT molecular complexity index is 549. The highest BCUT2D eigenvalue weighted by molar-refractivity contribution is 5.96. The van der Waals surface area contributed by atoms with E-state index in [0.717, 1.165) is 0 Å². The van der Waals surface area contributed by atoms with Crippen LogP contribution in [0.3, 0.4) is 0 Å². The summed E-state index contributed by atoms with van der Waals surface area (Å²) in [7, 11) is 0. The number of primary amides is 1. The van der Waals surface area contributed by atoms with Gasteiger partial charge in [0.2, 0.25) is 17.7 Å². The van der Waals surface area contributed by atoms with Crippen molar-refractivity contribution in [2.75, 3.05) is 13.2 Å². The van der Waals surface area contributed by atoms with Gasteiger partial charge in [0, 0.05) is 6.42 Å². The molecule has 1 saturated heterocycles. The van der Waals surface area contributed by atoms with Gasteiger partial charge in [0.05, 0.1) is 25.6 Å². The van der Waals surface area contributed by atoms with Gasteiger partial charge in [-0.3, -0.25) is 24.0 Å². The number of ether oxygens (including phenoxy) is 2. The van der Waals surface area contributed by atoms with Gasteiger partial charge >= 0.3 is 11.9 Å². The van der Waals surface area contributed by atoms with E-state index in [4.69, 9.17) is 15.2 Å². The summed E-state index contributed by atoms with van der Waals surface area (Å²) >= 11 is 0. The molecule has 0 aliphatic carbocycles. The van der Waals surface area contributed by atoms with Crippen LogP contribution in [-0.4, -0.2) is 55.0 Å². The van der Waals surface area contributed by atoms with Crippen molar-refractivity contribution in [2.24, 2.45) is 11.7 Å². The molecule has 0 saturated carbocycles. The third kappa shape index (κ3) is 6.05. The van der Waals surface area contributed by atoms with Crippen LogP contribution in [0.25, 0.3) is 0 Å². The summed E-state index contributed by atoms with van der Waals surface area (Å²) in [6.45, 7) is 3.27. The highest BCUT2D eigenvalue weighted by Gasteiger charge is 2.39. The van der Waals surface area contributed by atoms with Crippen LogP contribution in [0, 0.1) is 5.92 Å². The van der Waals surface area contributed by atoms with Crippen molar-refractivity contribution in [1.29, 1.82) is 0 Å². The Morgan fingerprint density at radius 3 is 2.36 bits per heavy atom. The molecule has 0 aromatic carbocycles. The molecule has 0 aromatic heterocycles. The van der Waals surface area contributed by atoms with Crippen molar-refractivity contribution in [3.63, 3.8) is 0 Å². The number of nitrogens with two attached hydrogens (primary N) is 1. The first-order chi connectivity index (χ1) is 11.8. The molecule has 25 heavy (non-hydrogen) atoms. The van der Waals surface area contributed by atoms with Crippen molar-refractivity contribution in [3.05, 3.63) is 0 Å².